The number of rotatable bonds is 4. The minimum atomic E-state index is 0.729. The smallest absolute Gasteiger partial charge is 0.142 e. The summed E-state index contributed by atoms with van der Waals surface area (Å²) in [6, 6.07) is 5.93. The number of pyridine rings is 1. The summed E-state index contributed by atoms with van der Waals surface area (Å²) in [5.74, 6) is 9.98. The van der Waals surface area contributed by atoms with Gasteiger partial charge in [0.05, 0.1) is 0 Å². The van der Waals surface area contributed by atoms with E-state index in [1.807, 2.05) is 18.2 Å². The van der Waals surface area contributed by atoms with Gasteiger partial charge < -0.3 is 10.3 Å². The third kappa shape index (κ3) is 2.17. The van der Waals surface area contributed by atoms with Crippen molar-refractivity contribution >= 4 is 11.6 Å². The van der Waals surface area contributed by atoms with Crippen molar-refractivity contribution in [3.63, 3.8) is 0 Å². The second kappa shape index (κ2) is 4.76. The Hall–Kier alpha value is -1.29. The Morgan fingerprint density at radius 3 is 2.94 bits per heavy atom. The Labute approximate surface area is 109 Å². The van der Waals surface area contributed by atoms with Crippen molar-refractivity contribution in [3.8, 4) is 0 Å². The lowest BCUT2D eigenvalue weighted by molar-refractivity contribution is 0.337. The van der Waals surface area contributed by atoms with Crippen LogP contribution in [0.25, 0.3) is 0 Å². The van der Waals surface area contributed by atoms with Gasteiger partial charge in [-0.15, -0.1) is 0 Å². The highest BCUT2D eigenvalue weighted by Crippen LogP contribution is 2.48. The molecule has 98 valence electrons. The number of anilines is 2. The first-order valence-corrected chi connectivity index (χ1v) is 6.91. The monoisotopic (exact) mass is 246 g/mol. The van der Waals surface area contributed by atoms with Crippen LogP contribution in [0.5, 0.6) is 0 Å². The fourth-order valence-electron chi connectivity index (χ4n) is 3.76. The Morgan fingerprint density at radius 2 is 2.28 bits per heavy atom. The first kappa shape index (κ1) is 11.8. The molecule has 0 spiro atoms. The van der Waals surface area contributed by atoms with E-state index < -0.39 is 0 Å². The van der Waals surface area contributed by atoms with Gasteiger partial charge in [-0.3, -0.25) is 0 Å². The molecule has 1 heterocycles. The second-order valence-electron chi connectivity index (χ2n) is 5.84. The summed E-state index contributed by atoms with van der Waals surface area (Å²) in [6.07, 6.45) is 5.80. The summed E-state index contributed by atoms with van der Waals surface area (Å²) in [5.41, 5.74) is 2.61. The molecule has 3 unspecified atom stereocenters. The Bertz CT molecular complexity index is 420. The number of nitrogen functional groups attached to an aromatic ring is 1. The van der Waals surface area contributed by atoms with E-state index in [9.17, 15) is 0 Å². The predicted molar refractivity (Wildman–Crippen MR) is 74.3 cm³/mol. The number of hydrazine groups is 1. The Kier molecular flexibility index (Phi) is 3.12. The van der Waals surface area contributed by atoms with E-state index >= 15 is 0 Å². The van der Waals surface area contributed by atoms with Gasteiger partial charge in [0, 0.05) is 13.6 Å². The molecular weight excluding hydrogens is 224 g/mol. The van der Waals surface area contributed by atoms with E-state index in [1.165, 1.54) is 25.7 Å². The van der Waals surface area contributed by atoms with Crippen LogP contribution < -0.4 is 16.2 Å². The first-order valence-electron chi connectivity index (χ1n) is 6.91. The predicted octanol–water partition coefficient (Wildman–Crippen LogP) is 2.24. The van der Waals surface area contributed by atoms with Crippen LogP contribution in [0.15, 0.2) is 18.2 Å². The van der Waals surface area contributed by atoms with Crippen LogP contribution in [-0.4, -0.2) is 18.6 Å². The van der Waals surface area contributed by atoms with Crippen molar-refractivity contribution < 1.29 is 0 Å². The molecule has 18 heavy (non-hydrogen) atoms. The van der Waals surface area contributed by atoms with Crippen LogP contribution in [0.3, 0.4) is 0 Å². The molecule has 4 heteroatoms. The largest absolute Gasteiger partial charge is 0.359 e. The molecule has 3 N–H and O–H groups in total. The van der Waals surface area contributed by atoms with E-state index in [0.717, 1.165) is 35.9 Å². The summed E-state index contributed by atoms with van der Waals surface area (Å²) < 4.78 is 0. The van der Waals surface area contributed by atoms with Gasteiger partial charge in [0.1, 0.15) is 11.6 Å². The molecule has 0 radical (unpaired) electrons. The standard InChI is InChI=1S/C14H22N4/c1-18(14-4-2-3-13(16-14)17-15)9-12-8-10-5-6-11(12)7-10/h2-4,10-12H,5-9,15H2,1H3,(H,16,17). The summed E-state index contributed by atoms with van der Waals surface area (Å²) in [4.78, 5) is 6.76. The molecule has 0 amide bonds. The zero-order valence-electron chi connectivity index (χ0n) is 11.0. The average molecular weight is 246 g/mol. The molecule has 2 saturated carbocycles. The van der Waals surface area contributed by atoms with Gasteiger partial charge in [-0.1, -0.05) is 12.5 Å². The molecule has 1 aromatic heterocycles. The van der Waals surface area contributed by atoms with E-state index in [-0.39, 0.29) is 0 Å². The van der Waals surface area contributed by atoms with Crippen LogP contribution in [0, 0.1) is 17.8 Å². The SMILES string of the molecule is CN(CC1CC2CCC1C2)c1cccc(NN)n1. The number of nitrogens with zero attached hydrogens (tertiary/aromatic N) is 2. The maximum Gasteiger partial charge on any atom is 0.142 e. The molecule has 0 aliphatic heterocycles. The van der Waals surface area contributed by atoms with Crippen molar-refractivity contribution in [1.29, 1.82) is 0 Å². The minimum Gasteiger partial charge on any atom is -0.359 e. The number of fused-ring (bicyclic) bond motifs is 2. The van der Waals surface area contributed by atoms with Crippen molar-refractivity contribution in [2.24, 2.45) is 23.6 Å². The maximum absolute atomic E-state index is 5.40. The van der Waals surface area contributed by atoms with E-state index in [1.54, 1.807) is 0 Å². The van der Waals surface area contributed by atoms with Gasteiger partial charge in [-0.2, -0.15) is 0 Å². The number of nitrogens with one attached hydrogen (secondary N) is 1. The summed E-state index contributed by atoms with van der Waals surface area (Å²) in [7, 11) is 2.13. The summed E-state index contributed by atoms with van der Waals surface area (Å²) >= 11 is 0. The molecule has 4 nitrogen and oxygen atoms in total. The van der Waals surface area contributed by atoms with Gasteiger partial charge in [0.2, 0.25) is 0 Å². The summed E-state index contributed by atoms with van der Waals surface area (Å²) in [5, 5.41) is 0. The number of nitrogens with two attached hydrogens (primary N) is 1. The maximum atomic E-state index is 5.40. The quantitative estimate of drug-likeness (QED) is 0.632. The minimum absolute atomic E-state index is 0.729. The molecule has 2 aliphatic rings. The molecule has 2 aliphatic carbocycles. The van der Waals surface area contributed by atoms with Crippen LogP contribution in [0.1, 0.15) is 25.7 Å². The van der Waals surface area contributed by atoms with E-state index in [4.69, 9.17) is 5.84 Å². The fraction of sp³-hybridized carbons (Fsp3) is 0.643. The molecule has 2 fully saturated rings. The molecule has 2 bridgehead atoms. The van der Waals surface area contributed by atoms with Crippen molar-refractivity contribution in [3.05, 3.63) is 18.2 Å². The molecular formula is C14H22N4. The highest BCUT2D eigenvalue weighted by atomic mass is 15.3. The normalized spacial score (nSPS) is 29.6. The van der Waals surface area contributed by atoms with Crippen LogP contribution in [-0.2, 0) is 0 Å². The highest BCUT2D eigenvalue weighted by Gasteiger charge is 2.39. The number of hydrogen-bond acceptors (Lipinski definition) is 4. The van der Waals surface area contributed by atoms with Crippen LogP contribution >= 0.6 is 0 Å². The zero-order valence-corrected chi connectivity index (χ0v) is 11.0. The average Bonchev–Trinajstić information content (AvgIpc) is 3.01. The van der Waals surface area contributed by atoms with Gasteiger partial charge in [-0.05, 0) is 49.1 Å². The van der Waals surface area contributed by atoms with E-state index in [0.29, 0.717) is 0 Å². The van der Waals surface area contributed by atoms with Gasteiger partial charge in [0.25, 0.3) is 0 Å². The molecule has 3 atom stereocenters. The van der Waals surface area contributed by atoms with Gasteiger partial charge in [0.15, 0.2) is 0 Å². The lowest BCUT2D eigenvalue weighted by Crippen LogP contribution is -2.29. The van der Waals surface area contributed by atoms with Crippen LogP contribution in [0.4, 0.5) is 11.6 Å². The van der Waals surface area contributed by atoms with Gasteiger partial charge in [-0.25, -0.2) is 10.8 Å². The van der Waals surface area contributed by atoms with E-state index in [2.05, 4.69) is 22.4 Å². The van der Waals surface area contributed by atoms with Crippen molar-refractivity contribution in [2.75, 3.05) is 23.9 Å². The van der Waals surface area contributed by atoms with Crippen LogP contribution in [0.2, 0.25) is 0 Å². The fourth-order valence-corrected chi connectivity index (χ4v) is 3.76. The van der Waals surface area contributed by atoms with Gasteiger partial charge >= 0.3 is 0 Å². The van der Waals surface area contributed by atoms with Crippen molar-refractivity contribution in [1.82, 2.24) is 4.98 Å². The van der Waals surface area contributed by atoms with Crippen molar-refractivity contribution in [2.45, 2.75) is 25.7 Å². The first-order chi connectivity index (χ1) is 8.76. The topological polar surface area (TPSA) is 54.2 Å². The molecule has 1 aromatic rings. The Balaban J connectivity index is 1.65. The summed E-state index contributed by atoms with van der Waals surface area (Å²) in [6.45, 7) is 1.13. The molecule has 0 saturated heterocycles. The lowest BCUT2D eigenvalue weighted by atomic mass is 9.88. The third-order valence-electron chi connectivity index (χ3n) is 4.67. The number of aromatic nitrogens is 1. The number of hydrogen-bond donors (Lipinski definition) is 2. The lowest BCUT2D eigenvalue weighted by Gasteiger charge is -2.28. The third-order valence-corrected chi connectivity index (χ3v) is 4.67. The highest BCUT2D eigenvalue weighted by molar-refractivity contribution is 5.45. The molecule has 0 aromatic carbocycles. The molecule has 3 rings (SSSR count). The second-order valence-corrected chi connectivity index (χ2v) is 5.84. The Morgan fingerprint density at radius 1 is 1.39 bits per heavy atom. The zero-order chi connectivity index (χ0) is 12.5.